The van der Waals surface area contributed by atoms with Gasteiger partial charge < -0.3 is 21.3 Å². The number of hydrogen-bond acceptors (Lipinski definition) is 7. The van der Waals surface area contributed by atoms with Gasteiger partial charge in [0.05, 0.1) is 6.04 Å². The molecule has 2 heterocycles. The lowest BCUT2D eigenvalue weighted by Crippen LogP contribution is -2.46. The molecule has 4 aromatic rings. The first-order valence-electron chi connectivity index (χ1n) is 11.7. The molecule has 1 aromatic heterocycles. The number of nitrogens with one attached hydrogen (secondary N) is 4. The highest BCUT2D eigenvalue weighted by Crippen LogP contribution is 2.21. The van der Waals surface area contributed by atoms with Gasteiger partial charge in [0.2, 0.25) is 11.9 Å². The summed E-state index contributed by atoms with van der Waals surface area (Å²) in [4.78, 5) is 26.3. The Labute approximate surface area is 204 Å². The number of carbonyl (C=O) groups excluding carboxylic acids is 1. The summed E-state index contributed by atoms with van der Waals surface area (Å²) in [6.45, 7) is 1.65. The third-order valence-electron chi connectivity index (χ3n) is 5.78. The first-order chi connectivity index (χ1) is 17.2. The molecule has 4 N–H and O–H groups in total. The minimum absolute atomic E-state index is 0.0209. The molecule has 5 rings (SSSR count). The van der Waals surface area contributed by atoms with Gasteiger partial charge in [-0.2, -0.15) is 4.98 Å². The molecule has 1 amide bonds. The second kappa shape index (κ2) is 10.8. The van der Waals surface area contributed by atoms with E-state index >= 15 is 0 Å². The Balaban J connectivity index is 1.43. The van der Waals surface area contributed by atoms with E-state index in [1.54, 1.807) is 0 Å². The molecule has 3 aromatic carbocycles. The van der Waals surface area contributed by atoms with Crippen molar-refractivity contribution in [2.24, 2.45) is 0 Å². The van der Waals surface area contributed by atoms with E-state index in [2.05, 4.69) is 36.2 Å². The average Bonchev–Trinajstić information content (AvgIpc) is 2.89. The summed E-state index contributed by atoms with van der Waals surface area (Å²) >= 11 is 0. The largest absolute Gasteiger partial charge is 0.383 e. The second-order valence-electron chi connectivity index (χ2n) is 8.38. The van der Waals surface area contributed by atoms with Gasteiger partial charge >= 0.3 is 0 Å². The summed E-state index contributed by atoms with van der Waals surface area (Å²) in [6.07, 6.45) is 2.12. The Kier molecular flexibility index (Phi) is 6.91. The van der Waals surface area contributed by atoms with Crippen LogP contribution in [-0.2, 0) is 17.8 Å². The molecule has 1 atom stereocenters. The number of hydrogen-bond donors (Lipinski definition) is 4. The van der Waals surface area contributed by atoms with Crippen LogP contribution < -0.4 is 21.3 Å². The summed E-state index contributed by atoms with van der Waals surface area (Å²) in [6, 6.07) is 25.6. The molecule has 6 bridgehead atoms. The number of rotatable bonds is 2. The van der Waals surface area contributed by atoms with Crippen LogP contribution in [0.25, 0.3) is 11.4 Å². The maximum Gasteiger partial charge on any atom is 0.237 e. The number of carbonyl (C=O) groups is 1. The predicted molar refractivity (Wildman–Crippen MR) is 137 cm³/mol. The zero-order valence-corrected chi connectivity index (χ0v) is 19.2. The van der Waals surface area contributed by atoms with Crippen LogP contribution in [-0.4, -0.2) is 40.0 Å². The van der Waals surface area contributed by atoms with Gasteiger partial charge in [-0.15, -0.1) is 0 Å². The summed E-state index contributed by atoms with van der Waals surface area (Å²) in [5.74, 6) is 1.04. The second-order valence-corrected chi connectivity index (χ2v) is 8.38. The minimum Gasteiger partial charge on any atom is -0.383 e. The smallest absolute Gasteiger partial charge is 0.237 e. The maximum absolute atomic E-state index is 13.1. The standard InChI is InChI=1S/C27H27N7O/c35-26-24(15-19-6-2-1-3-7-19)30-17-20-8-4-11-23(14-20)33-27-32-18-31-25(34-27)21-9-5-10-22(16-21)28-12-13-29-26/h1-11,14,16,18,24,28,30H,12-13,15,17H2,(H,29,35)(H,31,32,33,34). The van der Waals surface area contributed by atoms with Crippen LogP contribution >= 0.6 is 0 Å². The van der Waals surface area contributed by atoms with Gasteiger partial charge in [-0.3, -0.25) is 4.79 Å². The molecule has 1 aliphatic rings. The van der Waals surface area contributed by atoms with E-state index in [0.717, 1.165) is 28.1 Å². The van der Waals surface area contributed by atoms with E-state index in [1.165, 1.54) is 6.33 Å². The summed E-state index contributed by atoms with van der Waals surface area (Å²) in [7, 11) is 0. The van der Waals surface area contributed by atoms with Gasteiger partial charge in [-0.05, 0) is 41.8 Å². The Hall–Kier alpha value is -4.30. The topological polar surface area (TPSA) is 104 Å². The van der Waals surface area contributed by atoms with Crippen molar-refractivity contribution in [1.29, 1.82) is 0 Å². The lowest BCUT2D eigenvalue weighted by molar-refractivity contribution is -0.123. The number of amides is 1. The molecule has 0 radical (unpaired) electrons. The van der Waals surface area contributed by atoms with Gasteiger partial charge in [0, 0.05) is 36.6 Å². The predicted octanol–water partition coefficient (Wildman–Crippen LogP) is 3.52. The zero-order valence-electron chi connectivity index (χ0n) is 19.2. The molecule has 0 saturated heterocycles. The van der Waals surface area contributed by atoms with Gasteiger partial charge in [-0.1, -0.05) is 54.6 Å². The van der Waals surface area contributed by atoms with Crippen molar-refractivity contribution in [2.75, 3.05) is 23.7 Å². The van der Waals surface area contributed by atoms with Crippen molar-refractivity contribution in [1.82, 2.24) is 25.6 Å². The van der Waals surface area contributed by atoms with Gasteiger partial charge in [0.15, 0.2) is 5.82 Å². The SMILES string of the molecule is O=C1NCCNc2cccc(c2)-c2ncnc(n2)Nc2cccc(c2)CNC1Cc1ccccc1. The zero-order chi connectivity index (χ0) is 23.9. The highest BCUT2D eigenvalue weighted by molar-refractivity contribution is 5.82. The van der Waals surface area contributed by atoms with Crippen LogP contribution in [0, 0.1) is 0 Å². The van der Waals surface area contributed by atoms with Crippen LogP contribution in [0.2, 0.25) is 0 Å². The molecule has 1 aliphatic heterocycles. The van der Waals surface area contributed by atoms with Crippen molar-refractivity contribution in [2.45, 2.75) is 19.0 Å². The van der Waals surface area contributed by atoms with E-state index < -0.39 is 0 Å². The summed E-state index contributed by atoms with van der Waals surface area (Å²) < 4.78 is 0. The van der Waals surface area contributed by atoms with E-state index in [1.807, 2.05) is 78.9 Å². The lowest BCUT2D eigenvalue weighted by atomic mass is 10.0. The number of nitrogens with zero attached hydrogens (tertiary/aromatic N) is 3. The van der Waals surface area contributed by atoms with Crippen LogP contribution in [0.4, 0.5) is 17.3 Å². The number of benzene rings is 3. The molecule has 176 valence electrons. The third-order valence-corrected chi connectivity index (χ3v) is 5.78. The normalized spacial score (nSPS) is 16.1. The molecule has 35 heavy (non-hydrogen) atoms. The third kappa shape index (κ3) is 5.99. The highest BCUT2D eigenvalue weighted by Gasteiger charge is 2.18. The van der Waals surface area contributed by atoms with Crippen molar-refractivity contribution < 1.29 is 4.79 Å². The molecular weight excluding hydrogens is 438 g/mol. The Morgan fingerprint density at radius 2 is 1.66 bits per heavy atom. The number of fused-ring (bicyclic) bond motifs is 7. The molecule has 1 unspecified atom stereocenters. The Morgan fingerprint density at radius 1 is 0.829 bits per heavy atom. The van der Waals surface area contributed by atoms with Crippen LogP contribution in [0.1, 0.15) is 11.1 Å². The van der Waals surface area contributed by atoms with Gasteiger partial charge in [0.1, 0.15) is 6.33 Å². The van der Waals surface area contributed by atoms with Crippen LogP contribution in [0.3, 0.4) is 0 Å². The fourth-order valence-electron chi connectivity index (χ4n) is 4.02. The number of aromatic nitrogens is 3. The molecule has 0 spiro atoms. The van der Waals surface area contributed by atoms with Crippen molar-refractivity contribution in [3.63, 3.8) is 0 Å². The Bertz CT molecular complexity index is 1300. The minimum atomic E-state index is -0.359. The Morgan fingerprint density at radius 3 is 2.57 bits per heavy atom. The van der Waals surface area contributed by atoms with Gasteiger partial charge in [-0.25, -0.2) is 9.97 Å². The molecule has 0 fully saturated rings. The quantitative estimate of drug-likeness (QED) is 0.359. The fraction of sp³-hybridized carbons (Fsp3) is 0.185. The van der Waals surface area contributed by atoms with Crippen molar-refractivity contribution in [3.8, 4) is 11.4 Å². The van der Waals surface area contributed by atoms with Crippen molar-refractivity contribution in [3.05, 3.63) is 96.3 Å². The van der Waals surface area contributed by atoms with E-state index in [9.17, 15) is 4.79 Å². The number of anilines is 3. The molecule has 8 heteroatoms. The molecular formula is C27H27N7O. The first kappa shape index (κ1) is 22.5. The maximum atomic E-state index is 13.1. The van der Waals surface area contributed by atoms with Crippen LogP contribution in [0.5, 0.6) is 0 Å². The summed E-state index contributed by atoms with van der Waals surface area (Å²) in [5.41, 5.74) is 4.83. The van der Waals surface area contributed by atoms with Gasteiger partial charge in [0.25, 0.3) is 0 Å². The lowest BCUT2D eigenvalue weighted by Gasteiger charge is -2.19. The summed E-state index contributed by atoms with van der Waals surface area (Å²) in [5, 5.41) is 13.1. The average molecular weight is 466 g/mol. The monoisotopic (exact) mass is 465 g/mol. The highest BCUT2D eigenvalue weighted by atomic mass is 16.2. The fourth-order valence-corrected chi connectivity index (χ4v) is 4.02. The molecule has 0 saturated carbocycles. The van der Waals surface area contributed by atoms with Crippen molar-refractivity contribution >= 4 is 23.2 Å². The molecule has 8 nitrogen and oxygen atoms in total. The molecule has 0 aliphatic carbocycles. The first-order valence-corrected chi connectivity index (χ1v) is 11.7. The van der Waals surface area contributed by atoms with E-state index in [-0.39, 0.29) is 11.9 Å². The van der Waals surface area contributed by atoms with E-state index in [4.69, 9.17) is 0 Å². The van der Waals surface area contributed by atoms with Crippen LogP contribution in [0.15, 0.2) is 85.2 Å². The van der Waals surface area contributed by atoms with E-state index in [0.29, 0.717) is 37.8 Å².